The molecule has 1 aromatic rings. The maximum absolute atomic E-state index is 11.8. The zero-order chi connectivity index (χ0) is 13.3. The molecular formula is C11H10ClN3O3. The number of halogens is 1. The van der Waals surface area contributed by atoms with E-state index in [9.17, 15) is 14.4 Å². The summed E-state index contributed by atoms with van der Waals surface area (Å²) in [7, 11) is 1.38. The largest absolute Gasteiger partial charge is 0.338 e. The predicted molar refractivity (Wildman–Crippen MR) is 62.9 cm³/mol. The molecule has 1 fully saturated rings. The Balaban J connectivity index is 2.09. The molecular weight excluding hydrogens is 258 g/mol. The van der Waals surface area contributed by atoms with Gasteiger partial charge in [0.2, 0.25) is 5.91 Å². The van der Waals surface area contributed by atoms with E-state index in [2.05, 4.69) is 10.3 Å². The van der Waals surface area contributed by atoms with Gasteiger partial charge in [0.15, 0.2) is 0 Å². The second-order valence-corrected chi connectivity index (χ2v) is 4.25. The van der Waals surface area contributed by atoms with Crippen molar-refractivity contribution >= 4 is 29.3 Å². The number of likely N-dealkylation sites (N-methyl/N-ethyl adjacent to an activating group) is 1. The van der Waals surface area contributed by atoms with Gasteiger partial charge in [-0.3, -0.25) is 19.3 Å². The average Bonchev–Trinajstić information content (AvgIpc) is 2.57. The van der Waals surface area contributed by atoms with Crippen LogP contribution in [0.2, 0.25) is 5.15 Å². The zero-order valence-electron chi connectivity index (χ0n) is 9.51. The van der Waals surface area contributed by atoms with Crippen molar-refractivity contribution in [2.45, 2.75) is 12.5 Å². The molecule has 0 saturated carbocycles. The summed E-state index contributed by atoms with van der Waals surface area (Å²) in [6.07, 6.45) is -0.0262. The molecule has 0 radical (unpaired) electrons. The van der Waals surface area contributed by atoms with Crippen LogP contribution in [0.4, 0.5) is 0 Å². The van der Waals surface area contributed by atoms with Gasteiger partial charge in [0.05, 0.1) is 6.42 Å². The molecule has 7 heteroatoms. The third-order valence-corrected chi connectivity index (χ3v) is 2.85. The third kappa shape index (κ3) is 2.33. The van der Waals surface area contributed by atoms with Crippen molar-refractivity contribution in [2.24, 2.45) is 0 Å². The minimum Gasteiger partial charge on any atom is -0.338 e. The molecule has 3 amide bonds. The van der Waals surface area contributed by atoms with E-state index in [-0.39, 0.29) is 23.2 Å². The minimum absolute atomic E-state index is 0.0262. The van der Waals surface area contributed by atoms with Crippen molar-refractivity contribution in [3.63, 3.8) is 0 Å². The number of nitrogens with one attached hydrogen (secondary N) is 1. The van der Waals surface area contributed by atoms with Crippen molar-refractivity contribution in [3.8, 4) is 0 Å². The highest BCUT2D eigenvalue weighted by atomic mass is 35.5. The van der Waals surface area contributed by atoms with E-state index in [1.807, 2.05) is 0 Å². The van der Waals surface area contributed by atoms with E-state index in [1.54, 1.807) is 6.07 Å². The van der Waals surface area contributed by atoms with E-state index < -0.39 is 17.9 Å². The van der Waals surface area contributed by atoms with Crippen LogP contribution in [0.25, 0.3) is 0 Å². The Hall–Kier alpha value is -1.95. The summed E-state index contributed by atoms with van der Waals surface area (Å²) in [6, 6.07) is 3.77. The summed E-state index contributed by atoms with van der Waals surface area (Å²) in [5, 5.41) is 2.65. The van der Waals surface area contributed by atoms with Crippen LogP contribution in [0.3, 0.4) is 0 Å². The number of aromatic nitrogens is 1. The second kappa shape index (κ2) is 4.73. The van der Waals surface area contributed by atoms with Crippen LogP contribution < -0.4 is 5.32 Å². The molecule has 2 heterocycles. The number of imide groups is 1. The van der Waals surface area contributed by atoms with Crippen molar-refractivity contribution in [3.05, 3.63) is 29.0 Å². The summed E-state index contributed by atoms with van der Waals surface area (Å²) >= 11 is 5.66. The van der Waals surface area contributed by atoms with Gasteiger partial charge in [0, 0.05) is 7.05 Å². The van der Waals surface area contributed by atoms with E-state index in [0.717, 1.165) is 4.90 Å². The van der Waals surface area contributed by atoms with Gasteiger partial charge in [-0.25, -0.2) is 4.98 Å². The van der Waals surface area contributed by atoms with Crippen molar-refractivity contribution < 1.29 is 14.4 Å². The lowest BCUT2D eigenvalue weighted by molar-refractivity contribution is -0.137. The van der Waals surface area contributed by atoms with Crippen LogP contribution in [-0.4, -0.2) is 40.7 Å². The first-order chi connectivity index (χ1) is 8.49. The lowest BCUT2D eigenvalue weighted by atomic mass is 10.2. The van der Waals surface area contributed by atoms with E-state index >= 15 is 0 Å². The highest BCUT2D eigenvalue weighted by Gasteiger charge is 2.37. The van der Waals surface area contributed by atoms with Gasteiger partial charge >= 0.3 is 0 Å². The Morgan fingerprint density at radius 1 is 1.50 bits per heavy atom. The number of carbonyl (C=O) groups is 3. The van der Waals surface area contributed by atoms with Gasteiger partial charge < -0.3 is 5.32 Å². The quantitative estimate of drug-likeness (QED) is 0.614. The number of hydrogen-bond acceptors (Lipinski definition) is 4. The summed E-state index contributed by atoms with van der Waals surface area (Å²) in [6.45, 7) is 0. The Morgan fingerprint density at radius 3 is 2.78 bits per heavy atom. The predicted octanol–water partition coefficient (Wildman–Crippen LogP) is 0.222. The van der Waals surface area contributed by atoms with Gasteiger partial charge in [-0.15, -0.1) is 0 Å². The summed E-state index contributed by atoms with van der Waals surface area (Å²) < 4.78 is 0. The molecule has 18 heavy (non-hydrogen) atoms. The molecule has 94 valence electrons. The second-order valence-electron chi connectivity index (χ2n) is 3.87. The molecule has 6 nitrogen and oxygen atoms in total. The summed E-state index contributed by atoms with van der Waals surface area (Å²) in [4.78, 5) is 39.5. The molecule has 0 aromatic carbocycles. The van der Waals surface area contributed by atoms with Gasteiger partial charge in [-0.1, -0.05) is 17.7 Å². The number of pyridine rings is 1. The standard InChI is InChI=1S/C11H10ClN3O3/c1-15-9(16)5-7(11(15)18)14-10(17)6-3-2-4-8(12)13-6/h2-4,7H,5H2,1H3,(H,14,17). The molecule has 1 aliphatic rings. The Kier molecular flexibility index (Phi) is 3.29. The number of likely N-dealkylation sites (tertiary alicyclic amines) is 1. The zero-order valence-corrected chi connectivity index (χ0v) is 10.3. The third-order valence-electron chi connectivity index (χ3n) is 2.63. The van der Waals surface area contributed by atoms with Gasteiger partial charge in [-0.2, -0.15) is 0 Å². The Labute approximate surface area is 108 Å². The number of hydrogen-bond donors (Lipinski definition) is 1. The fourth-order valence-electron chi connectivity index (χ4n) is 1.64. The van der Waals surface area contributed by atoms with Crippen molar-refractivity contribution in [2.75, 3.05) is 7.05 Å². The van der Waals surface area contributed by atoms with Gasteiger partial charge in [-0.05, 0) is 12.1 Å². The molecule has 1 N–H and O–H groups in total. The normalized spacial score (nSPS) is 19.2. The molecule has 1 aromatic heterocycles. The Morgan fingerprint density at radius 2 is 2.22 bits per heavy atom. The van der Waals surface area contributed by atoms with Crippen LogP contribution in [0.1, 0.15) is 16.9 Å². The maximum Gasteiger partial charge on any atom is 0.270 e. The van der Waals surface area contributed by atoms with Crippen LogP contribution in [0.5, 0.6) is 0 Å². The smallest absolute Gasteiger partial charge is 0.270 e. The topological polar surface area (TPSA) is 79.4 Å². The Bertz CT molecular complexity index is 532. The van der Waals surface area contributed by atoms with E-state index in [4.69, 9.17) is 11.6 Å². The first-order valence-corrected chi connectivity index (χ1v) is 5.60. The number of carbonyl (C=O) groups excluding carboxylic acids is 3. The minimum atomic E-state index is -0.823. The molecule has 1 atom stereocenters. The highest BCUT2D eigenvalue weighted by Crippen LogP contribution is 2.11. The van der Waals surface area contributed by atoms with Gasteiger partial charge in [0.1, 0.15) is 16.9 Å². The molecule has 1 unspecified atom stereocenters. The van der Waals surface area contributed by atoms with Gasteiger partial charge in [0.25, 0.3) is 11.8 Å². The molecule has 2 rings (SSSR count). The maximum atomic E-state index is 11.8. The number of rotatable bonds is 2. The first-order valence-electron chi connectivity index (χ1n) is 5.23. The van der Waals surface area contributed by atoms with Crippen molar-refractivity contribution in [1.29, 1.82) is 0 Å². The van der Waals surface area contributed by atoms with Crippen LogP contribution >= 0.6 is 11.6 Å². The number of nitrogens with zero attached hydrogens (tertiary/aromatic N) is 2. The number of amides is 3. The average molecular weight is 268 g/mol. The molecule has 0 bridgehead atoms. The van der Waals surface area contributed by atoms with E-state index in [0.29, 0.717) is 0 Å². The fraction of sp³-hybridized carbons (Fsp3) is 0.273. The summed E-state index contributed by atoms with van der Waals surface area (Å²) in [5.74, 6) is -1.27. The van der Waals surface area contributed by atoms with Crippen LogP contribution in [0.15, 0.2) is 18.2 Å². The fourth-order valence-corrected chi connectivity index (χ4v) is 1.80. The molecule has 1 saturated heterocycles. The molecule has 0 spiro atoms. The molecule has 1 aliphatic heterocycles. The first kappa shape index (κ1) is 12.5. The summed E-state index contributed by atoms with van der Waals surface area (Å²) in [5.41, 5.74) is 0.109. The van der Waals surface area contributed by atoms with Crippen LogP contribution in [0, 0.1) is 0 Å². The molecule has 0 aliphatic carbocycles. The lowest BCUT2D eigenvalue weighted by Crippen LogP contribution is -2.40. The highest BCUT2D eigenvalue weighted by molar-refractivity contribution is 6.29. The van der Waals surface area contributed by atoms with E-state index in [1.165, 1.54) is 19.2 Å². The van der Waals surface area contributed by atoms with Crippen molar-refractivity contribution in [1.82, 2.24) is 15.2 Å². The lowest BCUT2D eigenvalue weighted by Gasteiger charge is -2.10. The monoisotopic (exact) mass is 267 g/mol. The van der Waals surface area contributed by atoms with Crippen LogP contribution in [-0.2, 0) is 9.59 Å². The SMILES string of the molecule is CN1C(=O)CC(NC(=O)c2cccc(Cl)n2)C1=O.